The number of carbonyl (C=O) groups excluding carboxylic acids is 2. The number of benzene rings is 2. The van der Waals surface area contributed by atoms with Crippen LogP contribution in [-0.2, 0) is 4.79 Å². The van der Waals surface area contributed by atoms with Crippen molar-refractivity contribution in [2.75, 3.05) is 18.7 Å². The molecular formula is C17H15BrN2O4. The summed E-state index contributed by atoms with van der Waals surface area (Å²) in [5.41, 5.74) is 2.10. The maximum absolute atomic E-state index is 12.1. The summed E-state index contributed by atoms with van der Waals surface area (Å²) in [6.45, 7) is 1.96. The first kappa shape index (κ1) is 16.3. The van der Waals surface area contributed by atoms with Crippen LogP contribution in [0.3, 0.4) is 0 Å². The third-order valence-electron chi connectivity index (χ3n) is 3.49. The summed E-state index contributed by atoms with van der Waals surface area (Å²) < 4.78 is 11.4. The molecule has 1 aliphatic heterocycles. The van der Waals surface area contributed by atoms with Crippen LogP contribution in [0.1, 0.15) is 15.9 Å². The quantitative estimate of drug-likeness (QED) is 0.841. The van der Waals surface area contributed by atoms with Crippen LogP contribution in [0.2, 0.25) is 0 Å². The topological polar surface area (TPSA) is 76.7 Å². The van der Waals surface area contributed by atoms with E-state index in [1.54, 1.807) is 24.3 Å². The molecule has 1 heterocycles. The van der Waals surface area contributed by atoms with Gasteiger partial charge in [0.05, 0.1) is 6.54 Å². The Bertz CT molecular complexity index is 807. The van der Waals surface area contributed by atoms with E-state index < -0.39 is 0 Å². The monoisotopic (exact) mass is 390 g/mol. The molecule has 2 aromatic carbocycles. The van der Waals surface area contributed by atoms with Crippen molar-refractivity contribution in [1.29, 1.82) is 0 Å². The maximum Gasteiger partial charge on any atom is 0.251 e. The average Bonchev–Trinajstić information content (AvgIpc) is 3.03. The minimum Gasteiger partial charge on any atom is -0.454 e. The van der Waals surface area contributed by atoms with E-state index in [0.29, 0.717) is 22.7 Å². The standard InChI is InChI=1S/C17H15BrN2O4/c1-10-6-12(3-4-13(10)18)20-16(21)8-19-17(22)11-2-5-14-15(7-11)24-9-23-14/h2-7H,8-9H2,1H3,(H,19,22)(H,20,21). The Hall–Kier alpha value is -2.54. The van der Waals surface area contributed by atoms with E-state index in [0.717, 1.165) is 10.0 Å². The predicted octanol–water partition coefficient (Wildman–Crippen LogP) is 2.85. The fourth-order valence-corrected chi connectivity index (χ4v) is 2.47. The first-order valence-electron chi connectivity index (χ1n) is 7.27. The molecule has 0 aromatic heterocycles. The van der Waals surface area contributed by atoms with Crippen LogP contribution in [0.25, 0.3) is 0 Å². The van der Waals surface area contributed by atoms with Crippen molar-refractivity contribution in [1.82, 2.24) is 5.32 Å². The second kappa shape index (κ2) is 6.92. The summed E-state index contributed by atoms with van der Waals surface area (Å²) in [5.74, 6) is 0.480. The maximum atomic E-state index is 12.1. The number of hydrogen-bond acceptors (Lipinski definition) is 4. The zero-order chi connectivity index (χ0) is 17.1. The summed E-state index contributed by atoms with van der Waals surface area (Å²) in [6, 6.07) is 10.4. The van der Waals surface area contributed by atoms with E-state index in [4.69, 9.17) is 9.47 Å². The second-order valence-corrected chi connectivity index (χ2v) is 6.12. The SMILES string of the molecule is Cc1cc(NC(=O)CNC(=O)c2ccc3c(c2)OCO3)ccc1Br. The highest BCUT2D eigenvalue weighted by atomic mass is 79.9. The molecule has 0 aliphatic carbocycles. The lowest BCUT2D eigenvalue weighted by Crippen LogP contribution is -2.32. The van der Waals surface area contributed by atoms with E-state index in [1.165, 1.54) is 0 Å². The molecule has 2 N–H and O–H groups in total. The molecule has 7 heteroatoms. The number of nitrogens with one attached hydrogen (secondary N) is 2. The Morgan fingerprint density at radius 1 is 1.12 bits per heavy atom. The Morgan fingerprint density at radius 3 is 2.71 bits per heavy atom. The number of fused-ring (bicyclic) bond motifs is 1. The van der Waals surface area contributed by atoms with Crippen molar-refractivity contribution in [3.63, 3.8) is 0 Å². The first-order valence-corrected chi connectivity index (χ1v) is 8.06. The molecule has 0 fully saturated rings. The number of anilines is 1. The molecule has 6 nitrogen and oxygen atoms in total. The van der Waals surface area contributed by atoms with Crippen molar-refractivity contribution in [2.24, 2.45) is 0 Å². The lowest BCUT2D eigenvalue weighted by atomic mass is 10.2. The number of hydrogen-bond donors (Lipinski definition) is 2. The first-order chi connectivity index (χ1) is 11.5. The van der Waals surface area contributed by atoms with Gasteiger partial charge in [-0.15, -0.1) is 0 Å². The second-order valence-electron chi connectivity index (χ2n) is 5.26. The third kappa shape index (κ3) is 3.68. The Balaban J connectivity index is 1.55. The molecule has 0 radical (unpaired) electrons. The van der Waals surface area contributed by atoms with E-state index in [-0.39, 0.29) is 25.2 Å². The lowest BCUT2D eigenvalue weighted by molar-refractivity contribution is -0.115. The summed E-state index contributed by atoms with van der Waals surface area (Å²) in [5, 5.41) is 5.32. The van der Waals surface area contributed by atoms with Gasteiger partial charge < -0.3 is 20.1 Å². The molecule has 2 amide bonds. The van der Waals surface area contributed by atoms with Gasteiger partial charge in [-0.05, 0) is 48.9 Å². The highest BCUT2D eigenvalue weighted by Crippen LogP contribution is 2.32. The summed E-state index contributed by atoms with van der Waals surface area (Å²) in [6.07, 6.45) is 0. The molecule has 0 saturated carbocycles. The summed E-state index contributed by atoms with van der Waals surface area (Å²) in [7, 11) is 0. The van der Waals surface area contributed by atoms with Crippen LogP contribution < -0.4 is 20.1 Å². The molecule has 0 spiro atoms. The molecule has 1 aliphatic rings. The van der Waals surface area contributed by atoms with Gasteiger partial charge in [-0.1, -0.05) is 15.9 Å². The zero-order valence-electron chi connectivity index (χ0n) is 12.9. The third-order valence-corrected chi connectivity index (χ3v) is 4.38. The van der Waals surface area contributed by atoms with Gasteiger partial charge in [0.15, 0.2) is 11.5 Å². The predicted molar refractivity (Wildman–Crippen MR) is 92.4 cm³/mol. The normalized spacial score (nSPS) is 11.9. The van der Waals surface area contributed by atoms with Crippen molar-refractivity contribution < 1.29 is 19.1 Å². The van der Waals surface area contributed by atoms with Gasteiger partial charge >= 0.3 is 0 Å². The molecule has 0 atom stereocenters. The van der Waals surface area contributed by atoms with Crippen LogP contribution in [0.5, 0.6) is 11.5 Å². The van der Waals surface area contributed by atoms with Crippen LogP contribution >= 0.6 is 15.9 Å². The van der Waals surface area contributed by atoms with Gasteiger partial charge in [-0.25, -0.2) is 0 Å². The number of ether oxygens (including phenoxy) is 2. The average molecular weight is 391 g/mol. The van der Waals surface area contributed by atoms with Crippen LogP contribution in [-0.4, -0.2) is 25.2 Å². The fraction of sp³-hybridized carbons (Fsp3) is 0.176. The van der Waals surface area contributed by atoms with Crippen molar-refractivity contribution in [2.45, 2.75) is 6.92 Å². The molecule has 2 aromatic rings. The summed E-state index contributed by atoms with van der Waals surface area (Å²) in [4.78, 5) is 24.1. The van der Waals surface area contributed by atoms with Crippen molar-refractivity contribution in [3.8, 4) is 11.5 Å². The summed E-state index contributed by atoms with van der Waals surface area (Å²) >= 11 is 3.40. The highest BCUT2D eigenvalue weighted by molar-refractivity contribution is 9.10. The number of halogens is 1. The minimum atomic E-state index is -0.351. The molecule has 3 rings (SSSR count). The molecular weight excluding hydrogens is 376 g/mol. The number of carbonyl (C=O) groups is 2. The zero-order valence-corrected chi connectivity index (χ0v) is 14.5. The van der Waals surface area contributed by atoms with Crippen molar-refractivity contribution in [3.05, 3.63) is 52.0 Å². The molecule has 0 unspecified atom stereocenters. The van der Waals surface area contributed by atoms with Gasteiger partial charge in [0.25, 0.3) is 5.91 Å². The molecule has 24 heavy (non-hydrogen) atoms. The number of amides is 2. The Kier molecular flexibility index (Phi) is 4.71. The smallest absolute Gasteiger partial charge is 0.251 e. The highest BCUT2D eigenvalue weighted by Gasteiger charge is 2.16. The van der Waals surface area contributed by atoms with Gasteiger partial charge in [0.1, 0.15) is 0 Å². The Morgan fingerprint density at radius 2 is 1.92 bits per heavy atom. The minimum absolute atomic E-state index is 0.123. The van der Waals surface area contributed by atoms with E-state index >= 15 is 0 Å². The Labute approximate surface area is 147 Å². The van der Waals surface area contributed by atoms with Gasteiger partial charge in [0, 0.05) is 15.7 Å². The van der Waals surface area contributed by atoms with E-state index in [9.17, 15) is 9.59 Å². The van der Waals surface area contributed by atoms with Gasteiger partial charge in [-0.2, -0.15) is 0 Å². The van der Waals surface area contributed by atoms with Crippen LogP contribution in [0.15, 0.2) is 40.9 Å². The molecule has 0 bridgehead atoms. The van der Waals surface area contributed by atoms with Gasteiger partial charge in [-0.3, -0.25) is 9.59 Å². The fourth-order valence-electron chi connectivity index (χ4n) is 2.23. The van der Waals surface area contributed by atoms with Crippen LogP contribution in [0, 0.1) is 6.92 Å². The number of aryl methyl sites for hydroxylation is 1. The lowest BCUT2D eigenvalue weighted by Gasteiger charge is -2.08. The van der Waals surface area contributed by atoms with Gasteiger partial charge in [0.2, 0.25) is 12.7 Å². The van der Waals surface area contributed by atoms with E-state index in [1.807, 2.05) is 19.1 Å². The number of rotatable bonds is 4. The van der Waals surface area contributed by atoms with E-state index in [2.05, 4.69) is 26.6 Å². The van der Waals surface area contributed by atoms with Crippen molar-refractivity contribution >= 4 is 33.4 Å². The molecule has 0 saturated heterocycles. The van der Waals surface area contributed by atoms with Crippen LogP contribution in [0.4, 0.5) is 5.69 Å². The largest absolute Gasteiger partial charge is 0.454 e. The molecule has 124 valence electrons.